The van der Waals surface area contributed by atoms with E-state index in [0.717, 1.165) is 0 Å². The van der Waals surface area contributed by atoms with Crippen LogP contribution >= 0.6 is 11.6 Å². The lowest BCUT2D eigenvalue weighted by molar-refractivity contribution is -0.142. The van der Waals surface area contributed by atoms with Crippen LogP contribution in [0.4, 0.5) is 0 Å². The molecule has 1 atom stereocenters. The predicted molar refractivity (Wildman–Crippen MR) is 81.9 cm³/mol. The molecule has 1 unspecified atom stereocenters. The van der Waals surface area contributed by atoms with Crippen molar-refractivity contribution in [2.75, 3.05) is 13.1 Å². The highest BCUT2D eigenvalue weighted by atomic mass is 35.5. The second kappa shape index (κ2) is 5.73. The highest BCUT2D eigenvalue weighted by Gasteiger charge is 2.33. The summed E-state index contributed by atoms with van der Waals surface area (Å²) in [4.78, 5) is 15.1. The Kier molecular flexibility index (Phi) is 4.03. The maximum Gasteiger partial charge on any atom is 0.307 e. The van der Waals surface area contributed by atoms with Gasteiger partial charge in [-0.3, -0.25) is 4.79 Å². The van der Waals surface area contributed by atoms with E-state index < -0.39 is 21.9 Å². The molecule has 3 heterocycles. The Morgan fingerprint density at radius 2 is 2.22 bits per heavy atom. The van der Waals surface area contributed by atoms with Gasteiger partial charge in [0.25, 0.3) is 0 Å². The predicted octanol–water partition coefficient (Wildman–Crippen LogP) is 1.18. The van der Waals surface area contributed by atoms with Crippen LogP contribution in [0.3, 0.4) is 0 Å². The zero-order chi connectivity index (χ0) is 16.8. The number of aryl methyl sites for hydroxylation is 1. The number of rotatable bonds is 3. The third-order valence-corrected chi connectivity index (χ3v) is 6.18. The number of halogens is 1. The molecule has 0 spiro atoms. The summed E-state index contributed by atoms with van der Waals surface area (Å²) in [6, 6.07) is 0. The van der Waals surface area contributed by atoms with Crippen molar-refractivity contribution >= 4 is 33.2 Å². The van der Waals surface area contributed by atoms with Crippen molar-refractivity contribution in [2.45, 2.75) is 24.7 Å². The Bertz CT molecular complexity index is 879. The molecule has 0 aromatic carbocycles. The smallest absolute Gasteiger partial charge is 0.307 e. The van der Waals surface area contributed by atoms with Gasteiger partial charge in [0.1, 0.15) is 9.92 Å². The number of hydrogen-bond acceptors (Lipinski definition) is 5. The third kappa shape index (κ3) is 2.79. The van der Waals surface area contributed by atoms with E-state index in [4.69, 9.17) is 16.7 Å². The Balaban J connectivity index is 1.97. The van der Waals surface area contributed by atoms with Crippen molar-refractivity contribution in [3.05, 3.63) is 23.1 Å². The molecule has 0 amide bonds. The Hall–Kier alpha value is -1.71. The van der Waals surface area contributed by atoms with Gasteiger partial charge < -0.3 is 5.11 Å². The number of nitrogens with zero attached hydrogens (tertiary/aromatic N) is 4. The first-order chi connectivity index (χ1) is 10.8. The van der Waals surface area contributed by atoms with Crippen LogP contribution in [0.25, 0.3) is 5.65 Å². The number of piperidine rings is 1. The summed E-state index contributed by atoms with van der Waals surface area (Å²) in [5.41, 5.74) is 0.933. The standard InChI is InChI=1S/C13H15ClN4O4S/c1-8-11(14)12-15-5-10(7-18(12)16-8)23(21,22)17-4-2-3-9(6-17)13(19)20/h5,7,9H,2-4,6H2,1H3,(H,19,20). The largest absolute Gasteiger partial charge is 0.481 e. The van der Waals surface area contributed by atoms with Crippen LogP contribution in [0, 0.1) is 12.8 Å². The zero-order valence-electron chi connectivity index (χ0n) is 12.3. The van der Waals surface area contributed by atoms with Gasteiger partial charge in [-0.15, -0.1) is 0 Å². The van der Waals surface area contributed by atoms with Crippen molar-refractivity contribution in [3.63, 3.8) is 0 Å². The van der Waals surface area contributed by atoms with Gasteiger partial charge in [0.05, 0.1) is 24.0 Å². The molecule has 8 nitrogen and oxygen atoms in total. The van der Waals surface area contributed by atoms with Gasteiger partial charge >= 0.3 is 5.97 Å². The summed E-state index contributed by atoms with van der Waals surface area (Å²) in [6.07, 6.45) is 3.56. The lowest BCUT2D eigenvalue weighted by Crippen LogP contribution is -2.42. The SMILES string of the molecule is Cc1nn2cc(S(=O)(=O)N3CCCC(C(=O)O)C3)cnc2c1Cl. The molecule has 1 aliphatic heterocycles. The number of hydrogen-bond donors (Lipinski definition) is 1. The highest BCUT2D eigenvalue weighted by Crippen LogP contribution is 2.25. The van der Waals surface area contributed by atoms with Crippen molar-refractivity contribution in [1.29, 1.82) is 0 Å². The van der Waals surface area contributed by atoms with E-state index in [9.17, 15) is 13.2 Å². The molecule has 1 fully saturated rings. The van der Waals surface area contributed by atoms with Gasteiger partial charge in [-0.1, -0.05) is 11.6 Å². The van der Waals surface area contributed by atoms with E-state index >= 15 is 0 Å². The second-order valence-electron chi connectivity index (χ2n) is 5.50. The number of carboxylic acid groups (broad SMARTS) is 1. The fraction of sp³-hybridized carbons (Fsp3) is 0.462. The van der Waals surface area contributed by atoms with Crippen molar-refractivity contribution < 1.29 is 18.3 Å². The van der Waals surface area contributed by atoms with Gasteiger partial charge in [0.2, 0.25) is 10.0 Å². The average Bonchev–Trinajstić information content (AvgIpc) is 2.81. The fourth-order valence-corrected chi connectivity index (χ4v) is 4.28. The molecule has 2 aromatic heterocycles. The van der Waals surface area contributed by atoms with E-state index in [-0.39, 0.29) is 11.4 Å². The Morgan fingerprint density at radius 1 is 1.48 bits per heavy atom. The van der Waals surface area contributed by atoms with Gasteiger partial charge in [0, 0.05) is 13.1 Å². The second-order valence-corrected chi connectivity index (χ2v) is 7.81. The van der Waals surface area contributed by atoms with E-state index in [1.807, 2.05) is 0 Å². The van der Waals surface area contributed by atoms with Gasteiger partial charge in [0.15, 0.2) is 5.65 Å². The summed E-state index contributed by atoms with van der Waals surface area (Å²) < 4.78 is 27.9. The van der Waals surface area contributed by atoms with Crippen LogP contribution in [0.1, 0.15) is 18.5 Å². The van der Waals surface area contributed by atoms with Crippen molar-refractivity contribution in [1.82, 2.24) is 18.9 Å². The van der Waals surface area contributed by atoms with E-state index in [2.05, 4.69) is 10.1 Å². The first kappa shape index (κ1) is 16.2. The van der Waals surface area contributed by atoms with Crippen LogP contribution in [0.5, 0.6) is 0 Å². The molecule has 10 heteroatoms. The van der Waals surface area contributed by atoms with Crippen LogP contribution in [0.2, 0.25) is 5.02 Å². The molecule has 1 aliphatic rings. The van der Waals surface area contributed by atoms with E-state index in [1.54, 1.807) is 6.92 Å². The van der Waals surface area contributed by atoms with Crippen LogP contribution in [-0.4, -0.2) is 51.5 Å². The first-order valence-electron chi connectivity index (χ1n) is 7.04. The first-order valence-corrected chi connectivity index (χ1v) is 8.86. The molecule has 1 saturated heterocycles. The maximum atomic E-state index is 12.7. The topological polar surface area (TPSA) is 105 Å². The zero-order valence-corrected chi connectivity index (χ0v) is 13.9. The number of aromatic nitrogens is 3. The molecular formula is C13H15ClN4O4S. The minimum absolute atomic E-state index is 0.0322. The van der Waals surface area contributed by atoms with Crippen molar-refractivity contribution in [3.8, 4) is 0 Å². The lowest BCUT2D eigenvalue weighted by atomic mass is 10.0. The summed E-state index contributed by atoms with van der Waals surface area (Å²) in [7, 11) is -3.82. The van der Waals surface area contributed by atoms with E-state index in [0.29, 0.717) is 35.8 Å². The lowest BCUT2D eigenvalue weighted by Gasteiger charge is -2.29. The minimum Gasteiger partial charge on any atom is -0.481 e. The maximum absolute atomic E-state index is 12.7. The summed E-state index contributed by atoms with van der Waals surface area (Å²) >= 11 is 6.04. The molecule has 23 heavy (non-hydrogen) atoms. The van der Waals surface area contributed by atoms with Crippen LogP contribution in [-0.2, 0) is 14.8 Å². The van der Waals surface area contributed by atoms with Gasteiger partial charge in [-0.2, -0.15) is 9.40 Å². The third-order valence-electron chi connectivity index (χ3n) is 3.92. The number of carbonyl (C=O) groups is 1. The fourth-order valence-electron chi connectivity index (χ4n) is 2.64. The Labute approximate surface area is 137 Å². The number of sulfonamides is 1. The van der Waals surface area contributed by atoms with E-state index in [1.165, 1.54) is 21.2 Å². The monoisotopic (exact) mass is 358 g/mol. The normalized spacial score (nSPS) is 20.0. The average molecular weight is 359 g/mol. The highest BCUT2D eigenvalue weighted by molar-refractivity contribution is 7.89. The van der Waals surface area contributed by atoms with Gasteiger partial charge in [-0.05, 0) is 19.8 Å². The molecule has 0 saturated carbocycles. The number of carboxylic acids is 1. The molecule has 124 valence electrons. The summed E-state index contributed by atoms with van der Waals surface area (Å²) in [5, 5.41) is 13.6. The molecule has 0 aliphatic carbocycles. The Morgan fingerprint density at radius 3 is 2.91 bits per heavy atom. The molecular weight excluding hydrogens is 344 g/mol. The number of aliphatic carboxylic acids is 1. The molecule has 2 aromatic rings. The van der Waals surface area contributed by atoms with Crippen LogP contribution in [0.15, 0.2) is 17.3 Å². The minimum atomic E-state index is -3.82. The number of fused-ring (bicyclic) bond motifs is 1. The molecule has 3 rings (SSSR count). The summed E-state index contributed by atoms with van der Waals surface area (Å²) in [5.74, 6) is -1.66. The molecule has 1 N–H and O–H groups in total. The molecule has 0 radical (unpaired) electrons. The molecule has 0 bridgehead atoms. The van der Waals surface area contributed by atoms with Crippen LogP contribution < -0.4 is 0 Å². The van der Waals surface area contributed by atoms with Gasteiger partial charge in [-0.25, -0.2) is 17.9 Å². The van der Waals surface area contributed by atoms with Crippen molar-refractivity contribution in [2.24, 2.45) is 5.92 Å². The summed E-state index contributed by atoms with van der Waals surface area (Å²) in [6.45, 7) is 1.96. The quantitative estimate of drug-likeness (QED) is 0.883.